The Bertz CT molecular complexity index is 1120. The maximum Gasteiger partial charge on any atom is 0.219 e. The number of nitrogens with zero attached hydrogens (tertiary/aromatic N) is 4. The molecule has 1 aliphatic heterocycles. The van der Waals surface area contributed by atoms with Crippen LogP contribution in [0.15, 0.2) is 47.5 Å². The zero-order valence-corrected chi connectivity index (χ0v) is 19.8. The van der Waals surface area contributed by atoms with Gasteiger partial charge in [-0.3, -0.25) is 14.4 Å². The van der Waals surface area contributed by atoms with Crippen molar-refractivity contribution < 1.29 is 9.53 Å². The molecule has 0 bridgehead atoms. The van der Waals surface area contributed by atoms with Gasteiger partial charge in [-0.25, -0.2) is 0 Å². The lowest BCUT2D eigenvalue weighted by Crippen LogP contribution is -2.29. The average molecular weight is 454 g/mol. The fraction of sp³-hybridized carbons (Fsp3) is 0.333. The fourth-order valence-corrected chi connectivity index (χ4v) is 3.49. The van der Waals surface area contributed by atoms with Gasteiger partial charge in [-0.1, -0.05) is 30.7 Å². The van der Waals surface area contributed by atoms with Crippen LogP contribution in [0.25, 0.3) is 5.69 Å². The van der Waals surface area contributed by atoms with Crippen molar-refractivity contribution in [2.75, 3.05) is 7.11 Å². The van der Waals surface area contributed by atoms with Crippen molar-refractivity contribution in [1.29, 1.82) is 0 Å². The Balaban J connectivity index is 0.000000312. The summed E-state index contributed by atoms with van der Waals surface area (Å²) in [5, 5.41) is 11.9. The number of nitrogens with one attached hydrogen (secondary N) is 1. The third-order valence-corrected chi connectivity index (χ3v) is 5.11. The number of methoxy groups -OCH3 is 1. The van der Waals surface area contributed by atoms with Gasteiger partial charge in [-0.05, 0) is 51.1 Å². The van der Waals surface area contributed by atoms with E-state index in [0.717, 1.165) is 39.9 Å². The highest BCUT2D eigenvalue weighted by Crippen LogP contribution is 2.29. The van der Waals surface area contributed by atoms with E-state index in [2.05, 4.69) is 15.5 Å². The molecule has 2 heterocycles. The Morgan fingerprint density at radius 2 is 1.91 bits per heavy atom. The van der Waals surface area contributed by atoms with Crippen LogP contribution in [-0.2, 0) is 11.3 Å². The maximum atomic E-state index is 10.5. The van der Waals surface area contributed by atoms with Gasteiger partial charge in [0, 0.05) is 28.6 Å². The van der Waals surface area contributed by atoms with E-state index in [0.29, 0.717) is 18.0 Å². The van der Waals surface area contributed by atoms with Crippen LogP contribution in [0.2, 0.25) is 5.02 Å². The fourth-order valence-electron chi connectivity index (χ4n) is 3.36. The summed E-state index contributed by atoms with van der Waals surface area (Å²) >= 11 is 6.02. The normalized spacial score (nSPS) is 12.0. The highest BCUT2D eigenvalue weighted by molar-refractivity contribution is 6.30. The molecule has 7 nitrogen and oxygen atoms in total. The van der Waals surface area contributed by atoms with Gasteiger partial charge in [0.1, 0.15) is 18.1 Å². The van der Waals surface area contributed by atoms with E-state index in [1.165, 1.54) is 0 Å². The molecule has 3 aromatic rings. The third kappa shape index (κ3) is 5.34. The predicted molar refractivity (Wildman–Crippen MR) is 127 cm³/mol. The maximum absolute atomic E-state index is 10.5. The van der Waals surface area contributed by atoms with E-state index in [-0.39, 0.29) is 11.9 Å². The molecule has 4 rings (SSSR count). The second-order valence-electron chi connectivity index (χ2n) is 7.63. The largest absolute Gasteiger partial charge is 0.497 e. The summed E-state index contributed by atoms with van der Waals surface area (Å²) in [7, 11) is 1.66. The molecule has 8 heteroatoms. The van der Waals surface area contributed by atoms with Crippen molar-refractivity contribution in [3.8, 4) is 11.4 Å². The Hall–Kier alpha value is -3.19. The molecule has 0 saturated carbocycles. The van der Waals surface area contributed by atoms with Crippen LogP contribution < -0.4 is 10.1 Å². The molecular formula is C24H28ClN5O2. The third-order valence-electron chi connectivity index (χ3n) is 4.86. The van der Waals surface area contributed by atoms with Gasteiger partial charge >= 0.3 is 0 Å². The Labute approximate surface area is 193 Å². The molecule has 0 saturated heterocycles. The van der Waals surface area contributed by atoms with E-state index in [9.17, 15) is 4.79 Å². The lowest BCUT2D eigenvalue weighted by Gasteiger charge is -2.14. The van der Waals surface area contributed by atoms with Gasteiger partial charge < -0.3 is 10.1 Å². The standard InChI is InChI=1S/C18H15ClN4O.C6H13NO/c1-11-21-22-17-10-20-18(12-3-5-13(19)6-4-12)15-9-14(24-2)7-8-16(15)23(11)17;1-4-6(8)7-5(2)3/h3-9H,10H2,1-2H3;5H,4H2,1-3H3,(H,7,8). The molecule has 1 N–H and O–H groups in total. The number of benzene rings is 2. The van der Waals surface area contributed by atoms with Gasteiger partial charge in [0.05, 0.1) is 18.5 Å². The zero-order chi connectivity index (χ0) is 23.3. The second-order valence-corrected chi connectivity index (χ2v) is 8.07. The highest BCUT2D eigenvalue weighted by Gasteiger charge is 2.22. The molecular weight excluding hydrogens is 426 g/mol. The van der Waals surface area contributed by atoms with Crippen LogP contribution in [0, 0.1) is 6.92 Å². The van der Waals surface area contributed by atoms with E-state index in [1.54, 1.807) is 7.11 Å². The number of aromatic nitrogens is 3. The minimum Gasteiger partial charge on any atom is -0.497 e. The second kappa shape index (κ2) is 10.4. The van der Waals surface area contributed by atoms with Gasteiger partial charge in [0.15, 0.2) is 5.82 Å². The van der Waals surface area contributed by atoms with Gasteiger partial charge in [0.2, 0.25) is 5.91 Å². The first-order chi connectivity index (χ1) is 15.3. The van der Waals surface area contributed by atoms with Crippen LogP contribution >= 0.6 is 11.6 Å². The lowest BCUT2D eigenvalue weighted by molar-refractivity contribution is -0.121. The summed E-state index contributed by atoms with van der Waals surface area (Å²) in [6.07, 6.45) is 0.582. The topological polar surface area (TPSA) is 81.4 Å². The average Bonchev–Trinajstić information content (AvgIpc) is 3.06. The highest BCUT2D eigenvalue weighted by atomic mass is 35.5. The summed E-state index contributed by atoms with van der Waals surface area (Å²) in [5.41, 5.74) is 3.88. The summed E-state index contributed by atoms with van der Waals surface area (Å²) < 4.78 is 7.45. The van der Waals surface area contributed by atoms with E-state index < -0.39 is 0 Å². The van der Waals surface area contributed by atoms with Crippen molar-refractivity contribution in [2.24, 2.45) is 4.99 Å². The molecule has 1 aliphatic rings. The van der Waals surface area contributed by atoms with Gasteiger partial charge in [0.25, 0.3) is 0 Å². The molecule has 1 aromatic heterocycles. The number of hydrogen-bond acceptors (Lipinski definition) is 5. The number of halogens is 1. The molecule has 168 valence electrons. The summed E-state index contributed by atoms with van der Waals surface area (Å²) in [4.78, 5) is 15.3. The quantitative estimate of drug-likeness (QED) is 0.630. The minimum absolute atomic E-state index is 0.125. The Morgan fingerprint density at radius 1 is 1.19 bits per heavy atom. The molecule has 0 aliphatic carbocycles. The Kier molecular flexibility index (Phi) is 7.64. The lowest BCUT2D eigenvalue weighted by atomic mass is 10.00. The first kappa shape index (κ1) is 23.5. The molecule has 0 radical (unpaired) electrons. The molecule has 0 unspecified atom stereocenters. The zero-order valence-electron chi connectivity index (χ0n) is 19.0. The number of fused-ring (bicyclic) bond motifs is 3. The van der Waals surface area contributed by atoms with Crippen molar-refractivity contribution in [2.45, 2.75) is 46.7 Å². The minimum atomic E-state index is 0.125. The first-order valence-electron chi connectivity index (χ1n) is 10.5. The summed E-state index contributed by atoms with van der Waals surface area (Å²) in [5.74, 6) is 2.57. The molecule has 0 atom stereocenters. The number of ether oxygens (including phenoxy) is 1. The SMILES string of the molecule is CCC(=O)NC(C)C.COc1ccc2c(c1)C(c1ccc(Cl)cc1)=NCc1nnc(C)n1-2. The van der Waals surface area contributed by atoms with Crippen LogP contribution in [0.4, 0.5) is 0 Å². The molecule has 32 heavy (non-hydrogen) atoms. The Morgan fingerprint density at radius 3 is 2.50 bits per heavy atom. The number of amides is 1. The van der Waals surface area contributed by atoms with E-state index in [1.807, 2.05) is 74.7 Å². The molecule has 0 spiro atoms. The van der Waals surface area contributed by atoms with Crippen molar-refractivity contribution in [3.05, 3.63) is 70.3 Å². The molecule has 1 amide bonds. The van der Waals surface area contributed by atoms with Crippen molar-refractivity contribution in [1.82, 2.24) is 20.1 Å². The van der Waals surface area contributed by atoms with E-state index in [4.69, 9.17) is 21.3 Å². The molecule has 2 aromatic carbocycles. The number of hydrogen-bond donors (Lipinski definition) is 1. The number of aliphatic imine (C=N–C) groups is 1. The first-order valence-corrected chi connectivity index (χ1v) is 10.9. The van der Waals surface area contributed by atoms with Gasteiger partial charge in [-0.2, -0.15) is 0 Å². The monoisotopic (exact) mass is 453 g/mol. The van der Waals surface area contributed by atoms with Crippen molar-refractivity contribution >= 4 is 23.2 Å². The van der Waals surface area contributed by atoms with Crippen molar-refractivity contribution in [3.63, 3.8) is 0 Å². The molecule has 0 fully saturated rings. The summed E-state index contributed by atoms with van der Waals surface area (Å²) in [6, 6.07) is 13.9. The number of aryl methyl sites for hydroxylation is 1. The number of rotatable bonds is 4. The number of carbonyl (C=O) groups excluding carboxylic acids is 1. The van der Waals surface area contributed by atoms with Crippen LogP contribution in [0.3, 0.4) is 0 Å². The summed E-state index contributed by atoms with van der Waals surface area (Å²) in [6.45, 7) is 8.16. The van der Waals surface area contributed by atoms with Crippen LogP contribution in [0.5, 0.6) is 5.75 Å². The predicted octanol–water partition coefficient (Wildman–Crippen LogP) is 4.51. The van der Waals surface area contributed by atoms with Crippen LogP contribution in [-0.4, -0.2) is 39.5 Å². The van der Waals surface area contributed by atoms with Crippen LogP contribution in [0.1, 0.15) is 50.0 Å². The van der Waals surface area contributed by atoms with Gasteiger partial charge in [-0.15, -0.1) is 10.2 Å². The van der Waals surface area contributed by atoms with E-state index >= 15 is 0 Å². The smallest absolute Gasteiger partial charge is 0.219 e. The number of carbonyl (C=O) groups is 1.